The number of allylic oxidation sites excluding steroid dienone is 2. The lowest BCUT2D eigenvalue weighted by atomic mass is 10.0. The average Bonchev–Trinajstić information content (AvgIpc) is 3.44. The van der Waals surface area contributed by atoms with Gasteiger partial charge in [0.1, 0.15) is 11.6 Å². The Morgan fingerprint density at radius 2 is 2.03 bits per heavy atom. The molecule has 2 aliphatic rings. The van der Waals surface area contributed by atoms with E-state index in [1.54, 1.807) is 12.1 Å². The summed E-state index contributed by atoms with van der Waals surface area (Å²) in [6, 6.07) is 4.63. The minimum Gasteiger partial charge on any atom is -0.421 e. The molecule has 0 fully saturated rings. The van der Waals surface area contributed by atoms with E-state index < -0.39 is 11.6 Å². The predicted octanol–water partition coefficient (Wildman–Crippen LogP) is 5.73. The van der Waals surface area contributed by atoms with Crippen LogP contribution in [-0.4, -0.2) is 45.2 Å². The zero-order chi connectivity index (χ0) is 24.5. The molecule has 0 atom stereocenters. The van der Waals surface area contributed by atoms with Crippen LogP contribution in [0.3, 0.4) is 0 Å². The van der Waals surface area contributed by atoms with E-state index in [4.69, 9.17) is 4.74 Å². The number of fused-ring (bicyclic) bond motifs is 1. The second kappa shape index (κ2) is 9.42. The highest BCUT2D eigenvalue weighted by molar-refractivity contribution is 5.68. The second-order valence-corrected chi connectivity index (χ2v) is 8.83. The van der Waals surface area contributed by atoms with E-state index in [1.807, 2.05) is 32.1 Å². The van der Waals surface area contributed by atoms with Crippen LogP contribution < -0.4 is 10.1 Å². The Morgan fingerprint density at radius 3 is 2.80 bits per heavy atom. The Kier molecular flexibility index (Phi) is 6.17. The normalized spacial score (nSPS) is 15.8. The molecular weight excluding hydrogens is 450 g/mol. The Bertz CT molecular complexity index is 1370. The number of rotatable bonds is 6. The fraction of sp³-hybridized carbons (Fsp3) is 0.269. The van der Waals surface area contributed by atoms with Gasteiger partial charge in [-0.1, -0.05) is 23.8 Å². The number of hydrogen-bond donors (Lipinski definition) is 2. The summed E-state index contributed by atoms with van der Waals surface area (Å²) in [7, 11) is 2.05. The Labute approximate surface area is 202 Å². The molecular formula is C26H26F2N6O. The number of aromatic nitrogens is 4. The highest BCUT2D eigenvalue weighted by Crippen LogP contribution is 2.36. The molecule has 0 saturated heterocycles. The fourth-order valence-electron chi connectivity index (χ4n) is 4.24. The van der Waals surface area contributed by atoms with Crippen LogP contribution in [0.2, 0.25) is 0 Å². The molecule has 3 aromatic rings. The first-order valence-corrected chi connectivity index (χ1v) is 11.5. The SMILES string of the molecule is C/C=C/c1cc(Nc2cc(C3=CCN(C)CC3)nc(Oc3cc(F)c4c(c3F)C=C(C)C4)n2)n[nH]1. The molecule has 35 heavy (non-hydrogen) atoms. The third-order valence-electron chi connectivity index (χ3n) is 6.02. The van der Waals surface area contributed by atoms with Crippen LogP contribution in [0, 0.1) is 11.6 Å². The Morgan fingerprint density at radius 1 is 1.17 bits per heavy atom. The smallest absolute Gasteiger partial charge is 0.324 e. The van der Waals surface area contributed by atoms with Gasteiger partial charge in [-0.3, -0.25) is 5.10 Å². The molecule has 0 unspecified atom stereocenters. The van der Waals surface area contributed by atoms with E-state index in [1.165, 1.54) is 0 Å². The summed E-state index contributed by atoms with van der Waals surface area (Å²) in [5.74, 6) is -0.390. The van der Waals surface area contributed by atoms with Crippen LogP contribution in [0.15, 0.2) is 35.9 Å². The van der Waals surface area contributed by atoms with Gasteiger partial charge in [-0.2, -0.15) is 15.1 Å². The molecule has 9 heteroatoms. The van der Waals surface area contributed by atoms with Crippen molar-refractivity contribution in [2.24, 2.45) is 0 Å². The van der Waals surface area contributed by atoms with Crippen LogP contribution in [-0.2, 0) is 6.42 Å². The van der Waals surface area contributed by atoms with Crippen molar-refractivity contribution >= 4 is 29.4 Å². The molecule has 5 rings (SSSR count). The minimum atomic E-state index is -0.622. The molecule has 0 amide bonds. The van der Waals surface area contributed by atoms with Gasteiger partial charge in [-0.05, 0) is 45.4 Å². The number of nitrogens with zero attached hydrogens (tertiary/aromatic N) is 4. The van der Waals surface area contributed by atoms with Crippen LogP contribution in [0.4, 0.5) is 20.4 Å². The number of hydrogen-bond acceptors (Lipinski definition) is 6. The van der Waals surface area contributed by atoms with Gasteiger partial charge >= 0.3 is 6.01 Å². The quantitative estimate of drug-likeness (QED) is 0.473. The van der Waals surface area contributed by atoms with Crippen molar-refractivity contribution < 1.29 is 13.5 Å². The molecule has 0 bridgehead atoms. The standard InChI is InChI=1S/C26H26F2N6O/c1-4-5-17-12-24(33-32-17)30-23-14-21(16-6-8-34(3)9-7-16)29-26(31-23)35-22-13-20(27)18-10-15(2)11-19(18)25(22)28/h4-6,11-14H,7-10H2,1-3H3,(H2,29,30,31,32,33)/b5-4+. The van der Waals surface area contributed by atoms with Gasteiger partial charge in [0.25, 0.3) is 0 Å². The molecule has 1 aliphatic carbocycles. The summed E-state index contributed by atoms with van der Waals surface area (Å²) < 4.78 is 35.6. The number of anilines is 2. The molecule has 0 radical (unpaired) electrons. The molecule has 3 heterocycles. The number of halogens is 2. The molecule has 1 aliphatic heterocycles. The van der Waals surface area contributed by atoms with Crippen molar-refractivity contribution in [2.45, 2.75) is 26.7 Å². The van der Waals surface area contributed by atoms with E-state index >= 15 is 4.39 Å². The maximum absolute atomic E-state index is 15.2. The lowest BCUT2D eigenvalue weighted by Crippen LogP contribution is -2.24. The molecule has 0 saturated carbocycles. The molecule has 180 valence electrons. The number of nitrogens with one attached hydrogen (secondary N) is 2. The minimum absolute atomic E-state index is 0.0778. The first kappa shape index (κ1) is 22.9. The summed E-state index contributed by atoms with van der Waals surface area (Å²) in [5.41, 5.74) is 3.99. The monoisotopic (exact) mass is 476 g/mol. The van der Waals surface area contributed by atoms with Crippen molar-refractivity contribution in [1.82, 2.24) is 25.1 Å². The molecule has 7 nitrogen and oxygen atoms in total. The first-order chi connectivity index (χ1) is 16.9. The van der Waals surface area contributed by atoms with E-state index in [9.17, 15) is 4.39 Å². The summed E-state index contributed by atoms with van der Waals surface area (Å²) in [5, 5.41) is 10.3. The van der Waals surface area contributed by atoms with Crippen LogP contribution in [0.1, 0.15) is 42.8 Å². The summed E-state index contributed by atoms with van der Waals surface area (Å²) in [6.45, 7) is 5.44. The van der Waals surface area contributed by atoms with Gasteiger partial charge in [0.2, 0.25) is 0 Å². The van der Waals surface area contributed by atoms with Crippen LogP contribution in [0.25, 0.3) is 17.7 Å². The van der Waals surface area contributed by atoms with E-state index in [-0.39, 0.29) is 17.3 Å². The van der Waals surface area contributed by atoms with Gasteiger partial charge in [-0.15, -0.1) is 0 Å². The molecule has 1 aromatic carbocycles. The molecule has 2 aromatic heterocycles. The molecule has 0 spiro atoms. The van der Waals surface area contributed by atoms with Gasteiger partial charge in [-0.25, -0.2) is 8.78 Å². The zero-order valence-corrected chi connectivity index (χ0v) is 19.8. The maximum atomic E-state index is 15.2. The zero-order valence-electron chi connectivity index (χ0n) is 19.8. The number of benzene rings is 1. The lowest BCUT2D eigenvalue weighted by molar-refractivity contribution is 0.369. The van der Waals surface area contributed by atoms with E-state index in [0.717, 1.165) is 42.4 Å². The number of likely N-dealkylation sites (N-methyl/N-ethyl adjacent to an activating group) is 1. The number of H-pyrrole nitrogens is 1. The fourth-order valence-corrected chi connectivity index (χ4v) is 4.24. The summed E-state index contributed by atoms with van der Waals surface area (Å²) in [4.78, 5) is 11.1. The predicted molar refractivity (Wildman–Crippen MR) is 132 cm³/mol. The lowest BCUT2D eigenvalue weighted by Gasteiger charge is -2.22. The largest absolute Gasteiger partial charge is 0.421 e. The van der Waals surface area contributed by atoms with Gasteiger partial charge in [0.05, 0.1) is 11.4 Å². The topological polar surface area (TPSA) is 79.0 Å². The van der Waals surface area contributed by atoms with Crippen molar-refractivity contribution in [2.75, 3.05) is 25.5 Å². The highest BCUT2D eigenvalue weighted by Gasteiger charge is 2.24. The van der Waals surface area contributed by atoms with Crippen molar-refractivity contribution in [3.05, 3.63) is 70.1 Å². The summed E-state index contributed by atoms with van der Waals surface area (Å²) in [6.07, 6.45) is 8.73. The van der Waals surface area contributed by atoms with Crippen molar-refractivity contribution in [3.63, 3.8) is 0 Å². The van der Waals surface area contributed by atoms with E-state index in [0.29, 0.717) is 29.3 Å². The number of ether oxygens (including phenoxy) is 1. The van der Waals surface area contributed by atoms with Crippen molar-refractivity contribution in [3.8, 4) is 11.8 Å². The maximum Gasteiger partial charge on any atom is 0.324 e. The number of aromatic amines is 1. The van der Waals surface area contributed by atoms with Crippen LogP contribution >= 0.6 is 0 Å². The van der Waals surface area contributed by atoms with Crippen molar-refractivity contribution in [1.29, 1.82) is 0 Å². The van der Waals surface area contributed by atoms with Crippen LogP contribution in [0.5, 0.6) is 11.8 Å². The first-order valence-electron chi connectivity index (χ1n) is 11.5. The second-order valence-electron chi connectivity index (χ2n) is 8.83. The Balaban J connectivity index is 1.51. The molecule has 2 N–H and O–H groups in total. The third kappa shape index (κ3) is 4.85. The third-order valence-corrected chi connectivity index (χ3v) is 6.02. The van der Waals surface area contributed by atoms with Gasteiger partial charge in [0, 0.05) is 42.4 Å². The van der Waals surface area contributed by atoms with Gasteiger partial charge < -0.3 is 15.0 Å². The highest BCUT2D eigenvalue weighted by atomic mass is 19.1. The van der Waals surface area contributed by atoms with E-state index in [2.05, 4.69) is 43.5 Å². The van der Waals surface area contributed by atoms with Gasteiger partial charge in [0.15, 0.2) is 17.4 Å². The summed E-state index contributed by atoms with van der Waals surface area (Å²) >= 11 is 0. The average molecular weight is 477 g/mol. The Hall–Kier alpha value is -3.85.